The molecule has 26 heavy (non-hydrogen) atoms. The molecule has 0 radical (unpaired) electrons. The van der Waals surface area contributed by atoms with Gasteiger partial charge < -0.3 is 24.3 Å². The lowest BCUT2D eigenvalue weighted by Crippen LogP contribution is -2.45. The Kier molecular flexibility index (Phi) is 7.73. The Morgan fingerprint density at radius 1 is 1.23 bits per heavy atom. The SMILES string of the molecule is CC(C)(C)OC(=O)N1C[C@H](O[Si](C)(C)C(C)(C)C)C[C@H]1C[C@H](O)CCO. The molecule has 154 valence electrons. The van der Waals surface area contributed by atoms with Crippen molar-refractivity contribution in [3.8, 4) is 0 Å². The number of rotatable bonds is 6. The van der Waals surface area contributed by atoms with E-state index in [2.05, 4.69) is 33.9 Å². The predicted molar refractivity (Wildman–Crippen MR) is 106 cm³/mol. The Bertz CT molecular complexity index is 470. The van der Waals surface area contributed by atoms with E-state index in [0.29, 0.717) is 25.8 Å². The van der Waals surface area contributed by atoms with Gasteiger partial charge in [0, 0.05) is 19.2 Å². The number of amides is 1. The number of carbonyl (C=O) groups is 1. The highest BCUT2D eigenvalue weighted by Gasteiger charge is 2.44. The second-order valence-corrected chi connectivity index (χ2v) is 14.7. The molecule has 1 rings (SSSR count). The minimum atomic E-state index is -1.95. The third kappa shape index (κ3) is 6.83. The molecule has 2 N–H and O–H groups in total. The van der Waals surface area contributed by atoms with Gasteiger partial charge in [0.15, 0.2) is 8.32 Å². The molecule has 0 aromatic heterocycles. The molecule has 6 nitrogen and oxygen atoms in total. The standard InChI is InChI=1S/C19H39NO5Si/c1-18(2,3)24-17(23)20-13-16(25-26(7,8)19(4,5)6)12-14(20)11-15(22)9-10-21/h14-16,21-22H,9-13H2,1-8H3/t14-,15-,16-/m1/s1. The Balaban J connectivity index is 2.88. The summed E-state index contributed by atoms with van der Waals surface area (Å²) >= 11 is 0. The fourth-order valence-corrected chi connectivity index (χ4v) is 4.26. The van der Waals surface area contributed by atoms with Crippen LogP contribution in [0.1, 0.15) is 60.8 Å². The average Bonchev–Trinajstić information content (AvgIpc) is 2.77. The first-order chi connectivity index (χ1) is 11.7. The molecule has 1 heterocycles. The molecule has 7 heteroatoms. The Morgan fingerprint density at radius 2 is 1.81 bits per heavy atom. The highest BCUT2D eigenvalue weighted by molar-refractivity contribution is 6.74. The van der Waals surface area contributed by atoms with E-state index in [1.165, 1.54) is 0 Å². The molecule has 0 spiro atoms. The minimum absolute atomic E-state index is 0.0465. The predicted octanol–water partition coefficient (Wildman–Crippen LogP) is 3.52. The minimum Gasteiger partial charge on any atom is -0.444 e. The molecular formula is C19H39NO5Si. The maximum atomic E-state index is 12.6. The molecular weight excluding hydrogens is 350 g/mol. The van der Waals surface area contributed by atoms with Crippen LogP contribution < -0.4 is 0 Å². The fourth-order valence-electron chi connectivity index (χ4n) is 2.90. The fraction of sp³-hybridized carbons (Fsp3) is 0.947. The van der Waals surface area contributed by atoms with Crippen molar-refractivity contribution in [2.45, 2.75) is 103 Å². The van der Waals surface area contributed by atoms with Crippen molar-refractivity contribution in [1.82, 2.24) is 4.90 Å². The number of ether oxygens (including phenoxy) is 1. The normalized spacial score (nSPS) is 23.2. The zero-order valence-electron chi connectivity index (χ0n) is 17.8. The first-order valence-electron chi connectivity index (χ1n) is 9.62. The molecule has 0 aromatic carbocycles. The molecule has 0 aromatic rings. The summed E-state index contributed by atoms with van der Waals surface area (Å²) in [6, 6.07) is -0.138. The maximum Gasteiger partial charge on any atom is 0.410 e. The summed E-state index contributed by atoms with van der Waals surface area (Å²) in [7, 11) is -1.95. The van der Waals surface area contributed by atoms with Gasteiger partial charge in [0.2, 0.25) is 0 Å². The number of carbonyl (C=O) groups excluding carboxylic acids is 1. The number of hydrogen-bond donors (Lipinski definition) is 2. The van der Waals surface area contributed by atoms with E-state index in [-0.39, 0.29) is 29.9 Å². The van der Waals surface area contributed by atoms with Crippen LogP contribution in [0.25, 0.3) is 0 Å². The van der Waals surface area contributed by atoms with Crippen LogP contribution in [0.5, 0.6) is 0 Å². The van der Waals surface area contributed by atoms with Gasteiger partial charge in [0.05, 0.1) is 12.2 Å². The van der Waals surface area contributed by atoms with Crippen LogP contribution in [0.15, 0.2) is 0 Å². The lowest BCUT2D eigenvalue weighted by Gasteiger charge is -2.38. The van der Waals surface area contributed by atoms with E-state index in [0.717, 1.165) is 0 Å². The second kappa shape index (κ2) is 8.58. The molecule has 1 aliphatic heterocycles. The number of aliphatic hydroxyl groups excluding tert-OH is 2. The summed E-state index contributed by atoms with van der Waals surface area (Å²) in [5.74, 6) is 0. The molecule has 1 amide bonds. The van der Waals surface area contributed by atoms with Gasteiger partial charge in [-0.2, -0.15) is 0 Å². The van der Waals surface area contributed by atoms with E-state index in [1.54, 1.807) is 4.90 Å². The molecule has 0 aliphatic carbocycles. The second-order valence-electron chi connectivity index (χ2n) is 9.92. The third-order valence-electron chi connectivity index (χ3n) is 5.28. The van der Waals surface area contributed by atoms with Crippen molar-refractivity contribution in [2.75, 3.05) is 13.2 Å². The first-order valence-corrected chi connectivity index (χ1v) is 12.5. The summed E-state index contributed by atoms with van der Waals surface area (Å²) in [5, 5.41) is 19.3. The maximum absolute atomic E-state index is 12.6. The summed E-state index contributed by atoms with van der Waals surface area (Å²) in [4.78, 5) is 14.3. The van der Waals surface area contributed by atoms with Crippen LogP contribution in [0.4, 0.5) is 4.79 Å². The zero-order valence-corrected chi connectivity index (χ0v) is 18.8. The van der Waals surface area contributed by atoms with Gasteiger partial charge in [-0.05, 0) is 58.2 Å². The number of nitrogens with zero attached hydrogens (tertiary/aromatic N) is 1. The van der Waals surface area contributed by atoms with Crippen molar-refractivity contribution < 1.29 is 24.2 Å². The molecule has 1 aliphatic rings. The van der Waals surface area contributed by atoms with Gasteiger partial charge in [-0.3, -0.25) is 0 Å². The molecule has 0 saturated carbocycles. The Hall–Kier alpha value is -0.633. The molecule has 3 atom stereocenters. The van der Waals surface area contributed by atoms with Crippen molar-refractivity contribution >= 4 is 14.4 Å². The highest BCUT2D eigenvalue weighted by atomic mass is 28.4. The molecule has 0 unspecified atom stereocenters. The molecule has 1 fully saturated rings. The lowest BCUT2D eigenvalue weighted by atomic mass is 10.0. The third-order valence-corrected chi connectivity index (χ3v) is 9.81. The van der Waals surface area contributed by atoms with E-state index < -0.39 is 20.0 Å². The van der Waals surface area contributed by atoms with Crippen LogP contribution in [0.2, 0.25) is 18.1 Å². The Morgan fingerprint density at radius 3 is 2.27 bits per heavy atom. The van der Waals surface area contributed by atoms with E-state index in [9.17, 15) is 9.90 Å². The van der Waals surface area contributed by atoms with E-state index >= 15 is 0 Å². The van der Waals surface area contributed by atoms with Crippen LogP contribution in [-0.2, 0) is 9.16 Å². The zero-order chi connectivity index (χ0) is 20.3. The summed E-state index contributed by atoms with van der Waals surface area (Å²) < 4.78 is 12.1. The summed E-state index contributed by atoms with van der Waals surface area (Å²) in [5.41, 5.74) is -0.566. The van der Waals surface area contributed by atoms with Gasteiger partial charge in [0.1, 0.15) is 5.60 Å². The lowest BCUT2D eigenvalue weighted by molar-refractivity contribution is 0.0158. The Labute approximate surface area is 160 Å². The topological polar surface area (TPSA) is 79.2 Å². The highest BCUT2D eigenvalue weighted by Crippen LogP contribution is 2.39. The molecule has 0 bridgehead atoms. The monoisotopic (exact) mass is 389 g/mol. The van der Waals surface area contributed by atoms with E-state index in [4.69, 9.17) is 14.3 Å². The van der Waals surface area contributed by atoms with E-state index in [1.807, 2.05) is 20.8 Å². The van der Waals surface area contributed by atoms with Crippen LogP contribution in [0.3, 0.4) is 0 Å². The average molecular weight is 390 g/mol. The quantitative estimate of drug-likeness (QED) is 0.680. The van der Waals surface area contributed by atoms with Crippen molar-refractivity contribution in [1.29, 1.82) is 0 Å². The van der Waals surface area contributed by atoms with Gasteiger partial charge in [0.25, 0.3) is 0 Å². The number of hydrogen-bond acceptors (Lipinski definition) is 5. The van der Waals surface area contributed by atoms with Crippen LogP contribution in [0, 0.1) is 0 Å². The molecule has 1 saturated heterocycles. The van der Waals surface area contributed by atoms with Crippen molar-refractivity contribution in [2.24, 2.45) is 0 Å². The summed E-state index contributed by atoms with van der Waals surface area (Å²) in [6.45, 7) is 17.0. The van der Waals surface area contributed by atoms with Crippen LogP contribution >= 0.6 is 0 Å². The van der Waals surface area contributed by atoms with Gasteiger partial charge >= 0.3 is 6.09 Å². The number of likely N-dealkylation sites (tertiary alicyclic amines) is 1. The van der Waals surface area contributed by atoms with Crippen molar-refractivity contribution in [3.63, 3.8) is 0 Å². The largest absolute Gasteiger partial charge is 0.444 e. The van der Waals surface area contributed by atoms with Gasteiger partial charge in [-0.15, -0.1) is 0 Å². The number of aliphatic hydroxyl groups is 2. The van der Waals surface area contributed by atoms with Gasteiger partial charge in [-0.25, -0.2) is 4.79 Å². The first kappa shape index (κ1) is 23.4. The summed E-state index contributed by atoms with van der Waals surface area (Å²) in [6.07, 6.45) is 0.383. The smallest absolute Gasteiger partial charge is 0.410 e. The van der Waals surface area contributed by atoms with Gasteiger partial charge in [-0.1, -0.05) is 20.8 Å². The van der Waals surface area contributed by atoms with Crippen molar-refractivity contribution in [3.05, 3.63) is 0 Å². The van der Waals surface area contributed by atoms with Crippen LogP contribution in [-0.4, -0.2) is 66.5 Å².